The molecular formula is C11H17NO4S. The van der Waals surface area contributed by atoms with E-state index < -0.39 is 12.1 Å². The van der Waals surface area contributed by atoms with E-state index in [1.54, 1.807) is 4.90 Å². The monoisotopic (exact) mass is 259 g/mol. The van der Waals surface area contributed by atoms with Crippen LogP contribution in [0.5, 0.6) is 0 Å². The molecule has 0 aromatic heterocycles. The van der Waals surface area contributed by atoms with Crippen LogP contribution in [0, 0.1) is 0 Å². The van der Waals surface area contributed by atoms with E-state index in [1.165, 1.54) is 12.8 Å². The van der Waals surface area contributed by atoms with Crippen LogP contribution in [0.15, 0.2) is 0 Å². The Morgan fingerprint density at radius 1 is 1.53 bits per heavy atom. The van der Waals surface area contributed by atoms with Gasteiger partial charge in [-0.05, 0) is 18.6 Å². The minimum absolute atomic E-state index is 0.0892. The summed E-state index contributed by atoms with van der Waals surface area (Å²) in [6.07, 6.45) is 2.71. The van der Waals surface area contributed by atoms with Crippen LogP contribution in [-0.2, 0) is 14.3 Å². The van der Waals surface area contributed by atoms with Crippen molar-refractivity contribution < 1.29 is 19.4 Å². The maximum atomic E-state index is 11.6. The summed E-state index contributed by atoms with van der Waals surface area (Å²) in [5.74, 6) is 0.0680. The molecule has 5 nitrogen and oxygen atoms in total. The molecule has 0 bridgehead atoms. The van der Waals surface area contributed by atoms with Crippen molar-refractivity contribution in [1.82, 2.24) is 4.90 Å². The summed E-state index contributed by atoms with van der Waals surface area (Å²) in [6.45, 7) is 0.746. The highest BCUT2D eigenvalue weighted by molar-refractivity contribution is 7.99. The van der Waals surface area contributed by atoms with Gasteiger partial charge in [0.15, 0.2) is 6.10 Å². The Labute approximate surface area is 104 Å². The van der Waals surface area contributed by atoms with E-state index in [4.69, 9.17) is 9.84 Å². The van der Waals surface area contributed by atoms with Gasteiger partial charge in [-0.2, -0.15) is 11.8 Å². The molecule has 0 saturated carbocycles. The van der Waals surface area contributed by atoms with Gasteiger partial charge in [0.2, 0.25) is 5.91 Å². The van der Waals surface area contributed by atoms with E-state index in [0.717, 1.165) is 12.2 Å². The number of carboxylic acids is 1. The standard InChI is InChI=1S/C11H17NO4S/c13-10-7-16-9(11(14)15)6-12(10)5-8-3-1-2-4-17-8/h8-9H,1-7H2,(H,14,15). The lowest BCUT2D eigenvalue weighted by molar-refractivity contribution is -0.164. The number of nitrogens with zero attached hydrogens (tertiary/aromatic N) is 1. The molecule has 0 aliphatic carbocycles. The Morgan fingerprint density at radius 3 is 3.00 bits per heavy atom. The fourth-order valence-corrected chi connectivity index (χ4v) is 3.46. The molecule has 2 aliphatic rings. The SMILES string of the molecule is O=C(O)C1CN(CC2CCCCS2)C(=O)CO1. The first-order valence-electron chi connectivity index (χ1n) is 5.90. The summed E-state index contributed by atoms with van der Waals surface area (Å²) >= 11 is 1.89. The average molecular weight is 259 g/mol. The Kier molecular flexibility index (Phi) is 4.28. The molecule has 6 heteroatoms. The van der Waals surface area contributed by atoms with E-state index in [9.17, 15) is 9.59 Å². The summed E-state index contributed by atoms with van der Waals surface area (Å²) in [6, 6.07) is 0. The van der Waals surface area contributed by atoms with E-state index in [0.29, 0.717) is 11.8 Å². The van der Waals surface area contributed by atoms with Crippen molar-refractivity contribution >= 4 is 23.6 Å². The predicted octanol–water partition coefficient (Wildman–Crippen LogP) is 0.584. The van der Waals surface area contributed by atoms with E-state index in [-0.39, 0.29) is 19.1 Å². The summed E-state index contributed by atoms with van der Waals surface area (Å²) < 4.78 is 4.97. The summed E-state index contributed by atoms with van der Waals surface area (Å²) in [5, 5.41) is 9.34. The minimum atomic E-state index is -0.987. The van der Waals surface area contributed by atoms with Crippen LogP contribution in [0.25, 0.3) is 0 Å². The van der Waals surface area contributed by atoms with Crippen LogP contribution in [-0.4, -0.2) is 58.7 Å². The van der Waals surface area contributed by atoms with Crippen molar-refractivity contribution in [3.8, 4) is 0 Å². The maximum Gasteiger partial charge on any atom is 0.334 e. The summed E-state index contributed by atoms with van der Waals surface area (Å²) in [4.78, 5) is 24.1. The topological polar surface area (TPSA) is 66.8 Å². The van der Waals surface area contributed by atoms with Crippen molar-refractivity contribution in [3.63, 3.8) is 0 Å². The molecule has 2 atom stereocenters. The zero-order valence-electron chi connectivity index (χ0n) is 9.63. The highest BCUT2D eigenvalue weighted by Crippen LogP contribution is 2.26. The van der Waals surface area contributed by atoms with Gasteiger partial charge >= 0.3 is 5.97 Å². The number of ether oxygens (including phenoxy) is 1. The average Bonchev–Trinajstić information content (AvgIpc) is 2.33. The molecule has 0 radical (unpaired) electrons. The molecule has 2 heterocycles. The fourth-order valence-electron chi connectivity index (χ4n) is 2.14. The molecule has 96 valence electrons. The van der Waals surface area contributed by atoms with E-state index >= 15 is 0 Å². The highest BCUT2D eigenvalue weighted by Gasteiger charge is 2.32. The summed E-state index contributed by atoms with van der Waals surface area (Å²) in [7, 11) is 0. The first-order valence-corrected chi connectivity index (χ1v) is 6.95. The molecule has 2 unspecified atom stereocenters. The molecule has 1 N–H and O–H groups in total. The smallest absolute Gasteiger partial charge is 0.334 e. The predicted molar refractivity (Wildman–Crippen MR) is 64.1 cm³/mol. The zero-order chi connectivity index (χ0) is 12.3. The molecular weight excluding hydrogens is 242 g/mol. The van der Waals surface area contributed by atoms with Crippen LogP contribution < -0.4 is 0 Å². The Balaban J connectivity index is 1.88. The number of amides is 1. The Bertz CT molecular complexity index is 304. The third kappa shape index (κ3) is 3.35. The largest absolute Gasteiger partial charge is 0.479 e. The number of aliphatic carboxylic acids is 1. The van der Waals surface area contributed by atoms with E-state index in [2.05, 4.69) is 0 Å². The Hall–Kier alpha value is -0.750. The van der Waals surface area contributed by atoms with Gasteiger partial charge in [0.05, 0.1) is 6.54 Å². The molecule has 2 saturated heterocycles. The maximum absolute atomic E-state index is 11.6. The highest BCUT2D eigenvalue weighted by atomic mass is 32.2. The molecule has 2 fully saturated rings. The number of thioether (sulfide) groups is 1. The van der Waals surface area contributed by atoms with Gasteiger partial charge in [0.1, 0.15) is 6.61 Å². The number of carbonyl (C=O) groups is 2. The van der Waals surface area contributed by atoms with Crippen molar-refractivity contribution in [1.29, 1.82) is 0 Å². The van der Waals surface area contributed by atoms with Crippen molar-refractivity contribution in [3.05, 3.63) is 0 Å². The third-order valence-electron chi connectivity index (χ3n) is 3.12. The van der Waals surface area contributed by atoms with Crippen LogP contribution >= 0.6 is 11.8 Å². The van der Waals surface area contributed by atoms with Crippen LogP contribution in [0.1, 0.15) is 19.3 Å². The normalized spacial score (nSPS) is 30.4. The number of morpholine rings is 1. The molecule has 0 spiro atoms. The van der Waals surface area contributed by atoms with E-state index in [1.807, 2.05) is 11.8 Å². The summed E-state index contributed by atoms with van der Waals surface area (Å²) in [5.41, 5.74) is 0. The molecule has 0 aromatic carbocycles. The lowest BCUT2D eigenvalue weighted by atomic mass is 10.1. The second-order valence-electron chi connectivity index (χ2n) is 4.43. The first-order chi connectivity index (χ1) is 8.16. The zero-order valence-corrected chi connectivity index (χ0v) is 10.4. The number of carbonyl (C=O) groups excluding carboxylic acids is 1. The van der Waals surface area contributed by atoms with Crippen molar-refractivity contribution in [2.75, 3.05) is 25.4 Å². The lowest BCUT2D eigenvalue weighted by Crippen LogP contribution is -2.51. The number of carboxylic acid groups (broad SMARTS) is 1. The van der Waals surface area contributed by atoms with Gasteiger partial charge in [-0.1, -0.05) is 6.42 Å². The number of hydrogen-bond donors (Lipinski definition) is 1. The van der Waals surface area contributed by atoms with Crippen molar-refractivity contribution in [2.45, 2.75) is 30.6 Å². The molecule has 2 aliphatic heterocycles. The van der Waals surface area contributed by atoms with Gasteiger partial charge in [-0.3, -0.25) is 4.79 Å². The van der Waals surface area contributed by atoms with Crippen LogP contribution in [0.4, 0.5) is 0 Å². The van der Waals surface area contributed by atoms with Crippen LogP contribution in [0.3, 0.4) is 0 Å². The van der Waals surface area contributed by atoms with Crippen molar-refractivity contribution in [2.24, 2.45) is 0 Å². The molecule has 0 aromatic rings. The number of rotatable bonds is 3. The van der Waals surface area contributed by atoms with Gasteiger partial charge in [-0.25, -0.2) is 4.79 Å². The molecule has 17 heavy (non-hydrogen) atoms. The third-order valence-corrected chi connectivity index (χ3v) is 4.50. The van der Waals surface area contributed by atoms with Gasteiger partial charge in [0.25, 0.3) is 0 Å². The number of hydrogen-bond acceptors (Lipinski definition) is 4. The lowest BCUT2D eigenvalue weighted by Gasteiger charge is -2.34. The molecule has 1 amide bonds. The van der Waals surface area contributed by atoms with Gasteiger partial charge in [-0.15, -0.1) is 0 Å². The van der Waals surface area contributed by atoms with Gasteiger partial charge in [0, 0.05) is 11.8 Å². The first kappa shape index (κ1) is 12.7. The molecule has 2 rings (SSSR count). The second kappa shape index (κ2) is 5.73. The van der Waals surface area contributed by atoms with Crippen LogP contribution in [0.2, 0.25) is 0 Å². The van der Waals surface area contributed by atoms with Gasteiger partial charge < -0.3 is 14.7 Å². The second-order valence-corrected chi connectivity index (χ2v) is 5.83. The minimum Gasteiger partial charge on any atom is -0.479 e. The Morgan fingerprint density at radius 2 is 2.35 bits per heavy atom. The quantitative estimate of drug-likeness (QED) is 0.803. The fraction of sp³-hybridized carbons (Fsp3) is 0.818.